The Labute approximate surface area is 113 Å². The molecule has 1 fully saturated rings. The zero-order valence-corrected chi connectivity index (χ0v) is 11.8. The van der Waals surface area contributed by atoms with Gasteiger partial charge in [-0.2, -0.15) is 8.78 Å². The summed E-state index contributed by atoms with van der Waals surface area (Å²) in [5.74, 6) is -2.80. The molecule has 0 radical (unpaired) electrons. The van der Waals surface area contributed by atoms with E-state index in [1.165, 1.54) is 12.1 Å². The van der Waals surface area contributed by atoms with Gasteiger partial charge in [-0.1, -0.05) is 30.3 Å². The van der Waals surface area contributed by atoms with E-state index in [1.54, 1.807) is 18.2 Å². The lowest BCUT2D eigenvalue weighted by atomic mass is 9.98. The SMILES string of the molecule is CC1CNC(C)(C)CN1CC(F)(F)c1ccccc1. The number of benzene rings is 1. The second kappa shape index (κ2) is 5.17. The zero-order valence-electron chi connectivity index (χ0n) is 11.8. The molecule has 1 saturated heterocycles. The zero-order chi connectivity index (χ0) is 14.1. The van der Waals surface area contributed by atoms with Crippen molar-refractivity contribution in [1.29, 1.82) is 0 Å². The molecule has 0 aliphatic carbocycles. The van der Waals surface area contributed by atoms with Crippen LogP contribution in [0.2, 0.25) is 0 Å². The number of hydrogen-bond acceptors (Lipinski definition) is 2. The third-order valence-electron chi connectivity index (χ3n) is 3.70. The van der Waals surface area contributed by atoms with Gasteiger partial charge in [0.15, 0.2) is 0 Å². The topological polar surface area (TPSA) is 15.3 Å². The summed E-state index contributed by atoms with van der Waals surface area (Å²) in [4.78, 5) is 1.88. The predicted octanol–water partition coefficient (Wildman–Crippen LogP) is 2.85. The molecule has 4 heteroatoms. The first kappa shape index (κ1) is 14.4. The third kappa shape index (κ3) is 3.51. The van der Waals surface area contributed by atoms with E-state index >= 15 is 0 Å². The molecule has 0 amide bonds. The lowest BCUT2D eigenvalue weighted by molar-refractivity contribution is -0.0592. The average Bonchev–Trinajstić information content (AvgIpc) is 2.34. The van der Waals surface area contributed by atoms with E-state index in [1.807, 2.05) is 25.7 Å². The van der Waals surface area contributed by atoms with Crippen molar-refractivity contribution in [3.05, 3.63) is 35.9 Å². The molecule has 1 aromatic rings. The van der Waals surface area contributed by atoms with Gasteiger partial charge in [-0.05, 0) is 20.8 Å². The molecule has 0 saturated carbocycles. The predicted molar refractivity (Wildman–Crippen MR) is 73.5 cm³/mol. The largest absolute Gasteiger partial charge is 0.309 e. The van der Waals surface area contributed by atoms with Crippen molar-refractivity contribution in [2.75, 3.05) is 19.6 Å². The monoisotopic (exact) mass is 268 g/mol. The summed E-state index contributed by atoms with van der Waals surface area (Å²) in [6.45, 7) is 7.25. The van der Waals surface area contributed by atoms with Gasteiger partial charge in [0.1, 0.15) is 0 Å². The van der Waals surface area contributed by atoms with Crippen LogP contribution in [0.5, 0.6) is 0 Å². The number of halogens is 2. The van der Waals surface area contributed by atoms with Crippen molar-refractivity contribution >= 4 is 0 Å². The van der Waals surface area contributed by atoms with Crippen LogP contribution in [0.1, 0.15) is 26.3 Å². The lowest BCUT2D eigenvalue weighted by Crippen LogP contribution is -2.62. The highest BCUT2D eigenvalue weighted by molar-refractivity contribution is 5.20. The van der Waals surface area contributed by atoms with Gasteiger partial charge in [-0.3, -0.25) is 4.90 Å². The molecule has 2 rings (SSSR count). The summed E-state index contributed by atoms with van der Waals surface area (Å²) in [5.41, 5.74) is -0.0160. The first-order chi connectivity index (χ1) is 8.80. The number of nitrogens with one attached hydrogen (secondary N) is 1. The van der Waals surface area contributed by atoms with Crippen LogP contribution in [0.3, 0.4) is 0 Å². The number of piperazine rings is 1. The summed E-state index contributed by atoms with van der Waals surface area (Å²) < 4.78 is 28.6. The van der Waals surface area contributed by atoms with E-state index in [2.05, 4.69) is 5.32 Å². The molecule has 1 aliphatic rings. The smallest absolute Gasteiger partial charge is 0.285 e. The summed E-state index contributed by atoms with van der Waals surface area (Å²) in [6.07, 6.45) is 0. The lowest BCUT2D eigenvalue weighted by Gasteiger charge is -2.44. The Balaban J connectivity index is 2.11. The molecule has 2 nitrogen and oxygen atoms in total. The fraction of sp³-hybridized carbons (Fsp3) is 0.600. The van der Waals surface area contributed by atoms with Crippen LogP contribution in [-0.4, -0.2) is 36.1 Å². The minimum Gasteiger partial charge on any atom is -0.309 e. The van der Waals surface area contributed by atoms with Gasteiger partial charge in [0, 0.05) is 30.2 Å². The Morgan fingerprint density at radius 2 is 1.95 bits per heavy atom. The Hall–Kier alpha value is -1.00. The highest BCUT2D eigenvalue weighted by Crippen LogP contribution is 2.30. The van der Waals surface area contributed by atoms with Crippen LogP contribution in [0.4, 0.5) is 8.78 Å². The molecule has 1 heterocycles. The Morgan fingerprint density at radius 1 is 1.32 bits per heavy atom. The van der Waals surface area contributed by atoms with Crippen molar-refractivity contribution in [2.45, 2.75) is 38.3 Å². The summed E-state index contributed by atoms with van der Waals surface area (Å²) >= 11 is 0. The van der Waals surface area contributed by atoms with Crippen molar-refractivity contribution in [3.8, 4) is 0 Å². The quantitative estimate of drug-likeness (QED) is 0.907. The van der Waals surface area contributed by atoms with Gasteiger partial charge < -0.3 is 5.32 Å². The van der Waals surface area contributed by atoms with Gasteiger partial charge in [0.25, 0.3) is 5.92 Å². The molecule has 1 N–H and O–H groups in total. The van der Waals surface area contributed by atoms with E-state index in [0.29, 0.717) is 6.54 Å². The van der Waals surface area contributed by atoms with Crippen molar-refractivity contribution in [1.82, 2.24) is 10.2 Å². The Morgan fingerprint density at radius 3 is 2.58 bits per heavy atom. The van der Waals surface area contributed by atoms with Gasteiger partial charge in [0.2, 0.25) is 0 Å². The minimum absolute atomic E-state index is 0.0959. The molecule has 0 spiro atoms. The average molecular weight is 268 g/mol. The first-order valence-corrected chi connectivity index (χ1v) is 6.73. The highest BCUT2D eigenvalue weighted by Gasteiger charge is 2.39. The van der Waals surface area contributed by atoms with Crippen LogP contribution in [0.25, 0.3) is 0 Å². The van der Waals surface area contributed by atoms with Crippen LogP contribution >= 0.6 is 0 Å². The molecule has 1 aromatic carbocycles. The molecular weight excluding hydrogens is 246 g/mol. The first-order valence-electron chi connectivity index (χ1n) is 6.73. The van der Waals surface area contributed by atoms with E-state index in [-0.39, 0.29) is 23.7 Å². The van der Waals surface area contributed by atoms with Crippen molar-refractivity contribution in [2.24, 2.45) is 0 Å². The third-order valence-corrected chi connectivity index (χ3v) is 3.70. The second-order valence-electron chi connectivity index (χ2n) is 6.09. The molecule has 1 atom stereocenters. The Bertz CT molecular complexity index is 417. The normalized spacial score (nSPS) is 24.4. The van der Waals surface area contributed by atoms with Crippen molar-refractivity contribution < 1.29 is 8.78 Å². The van der Waals surface area contributed by atoms with Gasteiger partial charge in [-0.25, -0.2) is 0 Å². The van der Waals surface area contributed by atoms with E-state index in [4.69, 9.17) is 0 Å². The molecular formula is C15H22F2N2. The number of nitrogens with zero attached hydrogens (tertiary/aromatic N) is 1. The molecule has 0 bridgehead atoms. The Kier molecular flexibility index (Phi) is 3.92. The van der Waals surface area contributed by atoms with Crippen LogP contribution in [0, 0.1) is 0 Å². The fourth-order valence-electron chi connectivity index (χ4n) is 2.51. The van der Waals surface area contributed by atoms with E-state index < -0.39 is 5.92 Å². The molecule has 19 heavy (non-hydrogen) atoms. The number of alkyl halides is 2. The molecule has 106 valence electrons. The summed E-state index contributed by atoms with van der Waals surface area (Å²) in [6, 6.07) is 8.21. The van der Waals surface area contributed by atoms with Gasteiger partial charge in [0.05, 0.1) is 6.54 Å². The van der Waals surface area contributed by atoms with Crippen LogP contribution < -0.4 is 5.32 Å². The standard InChI is InChI=1S/C15H22F2N2/c1-12-9-18-14(2,3)10-19(12)11-15(16,17)13-7-5-4-6-8-13/h4-8,12,18H,9-11H2,1-3H3. The van der Waals surface area contributed by atoms with Crippen molar-refractivity contribution in [3.63, 3.8) is 0 Å². The van der Waals surface area contributed by atoms with Gasteiger partial charge >= 0.3 is 0 Å². The maximum absolute atomic E-state index is 14.3. The maximum atomic E-state index is 14.3. The molecule has 1 aliphatic heterocycles. The highest BCUT2D eigenvalue weighted by atomic mass is 19.3. The molecule has 1 unspecified atom stereocenters. The summed E-state index contributed by atoms with van der Waals surface area (Å²) in [7, 11) is 0. The number of rotatable bonds is 3. The fourth-order valence-corrected chi connectivity index (χ4v) is 2.51. The van der Waals surface area contributed by atoms with Crippen LogP contribution in [-0.2, 0) is 5.92 Å². The van der Waals surface area contributed by atoms with Crippen LogP contribution in [0.15, 0.2) is 30.3 Å². The molecule has 0 aromatic heterocycles. The van der Waals surface area contributed by atoms with E-state index in [0.717, 1.165) is 6.54 Å². The number of hydrogen-bond donors (Lipinski definition) is 1. The summed E-state index contributed by atoms with van der Waals surface area (Å²) in [5, 5.41) is 3.38. The van der Waals surface area contributed by atoms with E-state index in [9.17, 15) is 8.78 Å². The van der Waals surface area contributed by atoms with Gasteiger partial charge in [-0.15, -0.1) is 0 Å². The maximum Gasteiger partial charge on any atom is 0.285 e. The minimum atomic E-state index is -2.80. The second-order valence-corrected chi connectivity index (χ2v) is 6.09.